The van der Waals surface area contributed by atoms with Crippen molar-refractivity contribution in [2.45, 2.75) is 13.0 Å². The second-order valence-corrected chi connectivity index (χ2v) is 4.09. The van der Waals surface area contributed by atoms with Crippen molar-refractivity contribution in [2.75, 3.05) is 26.6 Å². The molecule has 0 saturated carbocycles. The molecule has 2 N–H and O–H groups in total. The zero-order valence-electron chi connectivity index (χ0n) is 10.8. The van der Waals surface area contributed by atoms with Gasteiger partial charge in [-0.15, -0.1) is 0 Å². The molecule has 0 aromatic heterocycles. The number of carbonyl (C=O) groups excluding carboxylic acids is 1. The monoisotopic (exact) mass is 272 g/mol. The van der Waals surface area contributed by atoms with Gasteiger partial charge in [-0.1, -0.05) is 11.6 Å². The topological polar surface area (TPSA) is 59.6 Å². The predicted molar refractivity (Wildman–Crippen MR) is 71.7 cm³/mol. The van der Waals surface area contributed by atoms with Crippen molar-refractivity contribution in [3.8, 4) is 11.5 Å². The average Bonchev–Trinajstić information content (AvgIpc) is 2.39. The average molecular weight is 273 g/mol. The number of carbonyl (C=O) groups is 1. The fourth-order valence-corrected chi connectivity index (χ4v) is 1.52. The Morgan fingerprint density at radius 2 is 1.83 bits per heavy atom. The van der Waals surface area contributed by atoms with Crippen LogP contribution in [0.3, 0.4) is 0 Å². The van der Waals surface area contributed by atoms with Crippen molar-refractivity contribution in [1.82, 2.24) is 5.32 Å². The summed E-state index contributed by atoms with van der Waals surface area (Å²) in [5.41, 5.74) is 0.487. The molecule has 6 heteroatoms. The first-order valence-corrected chi connectivity index (χ1v) is 5.81. The molecule has 0 aliphatic heterocycles. The van der Waals surface area contributed by atoms with Crippen LogP contribution in [-0.2, 0) is 4.79 Å². The first-order valence-electron chi connectivity index (χ1n) is 5.43. The van der Waals surface area contributed by atoms with Crippen molar-refractivity contribution in [2.24, 2.45) is 0 Å². The van der Waals surface area contributed by atoms with Gasteiger partial charge >= 0.3 is 0 Å². The number of likely N-dealkylation sites (N-methyl/N-ethyl adjacent to an activating group) is 1. The number of hydrogen-bond acceptors (Lipinski definition) is 4. The number of benzene rings is 1. The van der Waals surface area contributed by atoms with Gasteiger partial charge in [-0.2, -0.15) is 0 Å². The van der Waals surface area contributed by atoms with Crippen molar-refractivity contribution < 1.29 is 14.3 Å². The molecule has 0 bridgehead atoms. The number of halogens is 1. The second-order valence-electron chi connectivity index (χ2n) is 3.69. The smallest absolute Gasteiger partial charge is 0.241 e. The van der Waals surface area contributed by atoms with E-state index in [0.29, 0.717) is 22.2 Å². The molecule has 1 unspecified atom stereocenters. The summed E-state index contributed by atoms with van der Waals surface area (Å²) >= 11 is 6.06. The van der Waals surface area contributed by atoms with E-state index in [4.69, 9.17) is 21.1 Å². The van der Waals surface area contributed by atoms with Crippen LogP contribution in [0.15, 0.2) is 12.1 Å². The first kappa shape index (κ1) is 14.6. The van der Waals surface area contributed by atoms with Gasteiger partial charge in [0.2, 0.25) is 5.91 Å². The van der Waals surface area contributed by atoms with Crippen LogP contribution in [0.1, 0.15) is 6.92 Å². The van der Waals surface area contributed by atoms with Crippen molar-refractivity contribution in [1.29, 1.82) is 0 Å². The Morgan fingerprint density at radius 3 is 2.33 bits per heavy atom. The van der Waals surface area contributed by atoms with Gasteiger partial charge in [0.25, 0.3) is 0 Å². The van der Waals surface area contributed by atoms with Crippen LogP contribution in [0.5, 0.6) is 11.5 Å². The normalized spacial score (nSPS) is 11.8. The number of amides is 1. The standard InChI is InChI=1S/C12H17ClN2O3/c1-7(14-2)12(16)15-9-6-11(18-4)10(17-3)5-8(9)13/h5-7,14H,1-4H3,(H,15,16). The SMILES string of the molecule is CNC(C)C(=O)Nc1cc(OC)c(OC)cc1Cl. The van der Waals surface area contributed by atoms with E-state index in [1.165, 1.54) is 14.2 Å². The summed E-state index contributed by atoms with van der Waals surface area (Å²) in [6.07, 6.45) is 0. The Balaban J connectivity index is 2.99. The molecule has 0 aliphatic rings. The number of anilines is 1. The molecule has 0 aliphatic carbocycles. The fraction of sp³-hybridized carbons (Fsp3) is 0.417. The Kier molecular flexibility index (Phi) is 5.25. The van der Waals surface area contributed by atoms with Gasteiger partial charge in [0, 0.05) is 12.1 Å². The van der Waals surface area contributed by atoms with E-state index in [2.05, 4.69) is 10.6 Å². The third kappa shape index (κ3) is 3.27. The molecule has 1 atom stereocenters. The van der Waals surface area contributed by atoms with Crippen molar-refractivity contribution in [3.05, 3.63) is 17.2 Å². The van der Waals surface area contributed by atoms with E-state index in [0.717, 1.165) is 0 Å². The lowest BCUT2D eigenvalue weighted by Crippen LogP contribution is -2.35. The zero-order chi connectivity index (χ0) is 13.7. The molecule has 0 saturated heterocycles. The summed E-state index contributed by atoms with van der Waals surface area (Å²) in [5.74, 6) is 0.850. The highest BCUT2D eigenvalue weighted by atomic mass is 35.5. The van der Waals surface area contributed by atoms with Gasteiger partial charge in [0.05, 0.1) is 31.0 Å². The van der Waals surface area contributed by atoms with Gasteiger partial charge < -0.3 is 20.1 Å². The van der Waals surface area contributed by atoms with E-state index in [9.17, 15) is 4.79 Å². The summed E-state index contributed by atoms with van der Waals surface area (Å²) < 4.78 is 10.3. The van der Waals surface area contributed by atoms with Crippen LogP contribution >= 0.6 is 11.6 Å². The lowest BCUT2D eigenvalue weighted by Gasteiger charge is -2.14. The minimum absolute atomic E-state index is 0.174. The Hall–Kier alpha value is -1.46. The third-order valence-corrected chi connectivity index (χ3v) is 2.87. The van der Waals surface area contributed by atoms with Crippen LogP contribution in [0.25, 0.3) is 0 Å². The summed E-state index contributed by atoms with van der Waals surface area (Å²) in [7, 11) is 4.75. The van der Waals surface area contributed by atoms with E-state index in [-0.39, 0.29) is 11.9 Å². The third-order valence-electron chi connectivity index (χ3n) is 2.56. The van der Waals surface area contributed by atoms with Crippen LogP contribution in [0, 0.1) is 0 Å². The van der Waals surface area contributed by atoms with E-state index in [1.54, 1.807) is 26.1 Å². The summed E-state index contributed by atoms with van der Waals surface area (Å²) in [5, 5.41) is 5.96. The van der Waals surface area contributed by atoms with E-state index in [1.807, 2.05) is 0 Å². The van der Waals surface area contributed by atoms with Crippen molar-refractivity contribution in [3.63, 3.8) is 0 Å². The van der Waals surface area contributed by atoms with Crippen LogP contribution in [0.2, 0.25) is 5.02 Å². The maximum atomic E-state index is 11.7. The number of methoxy groups -OCH3 is 2. The highest BCUT2D eigenvalue weighted by Gasteiger charge is 2.15. The quantitative estimate of drug-likeness (QED) is 0.860. The van der Waals surface area contributed by atoms with Gasteiger partial charge in [-0.25, -0.2) is 0 Å². The summed E-state index contributed by atoms with van der Waals surface area (Å²) in [4.78, 5) is 11.7. The van der Waals surface area contributed by atoms with Gasteiger partial charge in [0.1, 0.15) is 0 Å². The minimum Gasteiger partial charge on any atom is -0.493 e. The maximum absolute atomic E-state index is 11.7. The number of hydrogen-bond donors (Lipinski definition) is 2. The molecule has 100 valence electrons. The minimum atomic E-state index is -0.311. The molecule has 0 heterocycles. The van der Waals surface area contributed by atoms with Gasteiger partial charge in [0.15, 0.2) is 11.5 Å². The Morgan fingerprint density at radius 1 is 1.28 bits per heavy atom. The number of rotatable bonds is 5. The molecule has 1 amide bonds. The summed E-state index contributed by atoms with van der Waals surface area (Å²) in [6.45, 7) is 1.75. The van der Waals surface area contributed by atoms with Crippen molar-refractivity contribution >= 4 is 23.2 Å². The largest absolute Gasteiger partial charge is 0.493 e. The maximum Gasteiger partial charge on any atom is 0.241 e. The van der Waals surface area contributed by atoms with Crippen LogP contribution < -0.4 is 20.1 Å². The fourth-order valence-electron chi connectivity index (χ4n) is 1.32. The first-order chi connectivity index (χ1) is 8.53. The van der Waals surface area contributed by atoms with Crippen LogP contribution in [-0.4, -0.2) is 33.2 Å². The Labute approximate surface area is 111 Å². The predicted octanol–water partition coefficient (Wildman–Crippen LogP) is 1.90. The molecular formula is C12H17ClN2O3. The zero-order valence-corrected chi connectivity index (χ0v) is 11.6. The lowest BCUT2D eigenvalue weighted by molar-refractivity contribution is -0.117. The highest BCUT2D eigenvalue weighted by Crippen LogP contribution is 2.35. The van der Waals surface area contributed by atoms with E-state index < -0.39 is 0 Å². The second kappa shape index (κ2) is 6.47. The lowest BCUT2D eigenvalue weighted by atomic mass is 10.2. The molecule has 18 heavy (non-hydrogen) atoms. The van der Waals surface area contributed by atoms with Gasteiger partial charge in [-0.3, -0.25) is 4.79 Å². The molecule has 0 radical (unpaired) electrons. The molecule has 0 fully saturated rings. The number of nitrogens with one attached hydrogen (secondary N) is 2. The van der Waals surface area contributed by atoms with Gasteiger partial charge in [-0.05, 0) is 14.0 Å². The molecular weight excluding hydrogens is 256 g/mol. The molecule has 0 spiro atoms. The molecule has 1 rings (SSSR count). The summed E-state index contributed by atoms with van der Waals surface area (Å²) in [6, 6.07) is 2.91. The molecule has 1 aromatic carbocycles. The highest BCUT2D eigenvalue weighted by molar-refractivity contribution is 6.34. The van der Waals surface area contributed by atoms with Crippen LogP contribution in [0.4, 0.5) is 5.69 Å². The molecule has 1 aromatic rings. The number of ether oxygens (including phenoxy) is 2. The molecule has 5 nitrogen and oxygen atoms in total. The van der Waals surface area contributed by atoms with E-state index >= 15 is 0 Å². The Bertz CT molecular complexity index is 438.